The van der Waals surface area contributed by atoms with Crippen molar-refractivity contribution in [1.82, 2.24) is 14.5 Å². The number of imidazole rings is 1. The second-order valence-electron chi connectivity index (χ2n) is 3.89. The Morgan fingerprint density at radius 2 is 1.94 bits per heavy atom. The van der Waals surface area contributed by atoms with Crippen LogP contribution in [0.25, 0.3) is 16.9 Å². The van der Waals surface area contributed by atoms with Crippen LogP contribution in [-0.4, -0.2) is 14.5 Å². The van der Waals surface area contributed by atoms with E-state index in [1.165, 1.54) is 0 Å². The number of halogens is 1. The summed E-state index contributed by atoms with van der Waals surface area (Å²) in [6.45, 7) is 0.360. The van der Waals surface area contributed by atoms with Gasteiger partial charge in [-0.2, -0.15) is 0 Å². The molecule has 0 aliphatic carbocycles. The second kappa shape index (κ2) is 4.40. The quantitative estimate of drug-likeness (QED) is 0.768. The van der Waals surface area contributed by atoms with Crippen LogP contribution in [0.3, 0.4) is 0 Å². The molecule has 3 aromatic rings. The summed E-state index contributed by atoms with van der Waals surface area (Å²) in [6.07, 6.45) is 1.75. The minimum absolute atomic E-state index is 0.360. The van der Waals surface area contributed by atoms with Crippen molar-refractivity contribution in [3.05, 3.63) is 53.4 Å². The first-order valence-corrected chi connectivity index (χ1v) is 5.96. The molecule has 0 amide bonds. The number of nitrogens with two attached hydrogens (primary N) is 1. The number of pyridine rings is 1. The predicted molar refractivity (Wildman–Crippen MR) is 71.8 cm³/mol. The van der Waals surface area contributed by atoms with Gasteiger partial charge in [-0.1, -0.05) is 11.6 Å². The van der Waals surface area contributed by atoms with Crippen molar-refractivity contribution >= 4 is 22.8 Å². The van der Waals surface area contributed by atoms with Gasteiger partial charge in [0.2, 0.25) is 0 Å². The normalized spacial score (nSPS) is 11.0. The molecule has 2 aromatic heterocycles. The molecule has 0 fully saturated rings. The van der Waals surface area contributed by atoms with E-state index in [0.29, 0.717) is 11.6 Å². The lowest BCUT2D eigenvalue weighted by Crippen LogP contribution is -2.07. The Hall–Kier alpha value is -1.91. The van der Waals surface area contributed by atoms with Gasteiger partial charge in [-0.25, -0.2) is 9.97 Å². The highest BCUT2D eigenvalue weighted by Gasteiger charge is 2.11. The van der Waals surface area contributed by atoms with Crippen LogP contribution in [0.5, 0.6) is 0 Å². The van der Waals surface area contributed by atoms with Crippen LogP contribution in [0.2, 0.25) is 5.02 Å². The SMILES string of the molecule is NCc1nc2cccnc2n1-c1ccc(Cl)cc1. The van der Waals surface area contributed by atoms with E-state index < -0.39 is 0 Å². The fraction of sp³-hybridized carbons (Fsp3) is 0.0769. The highest BCUT2D eigenvalue weighted by Crippen LogP contribution is 2.20. The van der Waals surface area contributed by atoms with Crippen molar-refractivity contribution in [3.63, 3.8) is 0 Å². The topological polar surface area (TPSA) is 56.7 Å². The van der Waals surface area contributed by atoms with Gasteiger partial charge in [0.25, 0.3) is 0 Å². The number of hydrogen-bond acceptors (Lipinski definition) is 3. The molecule has 1 aromatic carbocycles. The molecule has 3 rings (SSSR count). The zero-order valence-electron chi connectivity index (χ0n) is 9.55. The predicted octanol–water partition coefficient (Wildman–Crippen LogP) is 2.53. The third-order valence-corrected chi connectivity index (χ3v) is 3.00. The van der Waals surface area contributed by atoms with E-state index in [9.17, 15) is 0 Å². The summed E-state index contributed by atoms with van der Waals surface area (Å²) in [5.74, 6) is 0.783. The number of hydrogen-bond donors (Lipinski definition) is 1. The molecule has 0 saturated heterocycles. The van der Waals surface area contributed by atoms with E-state index in [-0.39, 0.29) is 0 Å². The van der Waals surface area contributed by atoms with Crippen LogP contribution in [0.4, 0.5) is 0 Å². The van der Waals surface area contributed by atoms with Crippen LogP contribution < -0.4 is 5.73 Å². The highest BCUT2D eigenvalue weighted by atomic mass is 35.5. The zero-order valence-corrected chi connectivity index (χ0v) is 10.3. The third-order valence-electron chi connectivity index (χ3n) is 2.75. The van der Waals surface area contributed by atoms with Crippen molar-refractivity contribution in [2.45, 2.75) is 6.54 Å². The lowest BCUT2D eigenvalue weighted by molar-refractivity contribution is 0.877. The molecule has 5 heteroatoms. The summed E-state index contributed by atoms with van der Waals surface area (Å²) in [4.78, 5) is 8.83. The highest BCUT2D eigenvalue weighted by molar-refractivity contribution is 6.30. The molecule has 2 heterocycles. The van der Waals surface area contributed by atoms with Crippen molar-refractivity contribution in [2.24, 2.45) is 5.73 Å². The second-order valence-corrected chi connectivity index (χ2v) is 4.33. The smallest absolute Gasteiger partial charge is 0.164 e. The van der Waals surface area contributed by atoms with E-state index >= 15 is 0 Å². The summed E-state index contributed by atoms with van der Waals surface area (Å²) in [7, 11) is 0. The van der Waals surface area contributed by atoms with Gasteiger partial charge in [0.1, 0.15) is 11.3 Å². The van der Waals surface area contributed by atoms with Crippen LogP contribution in [-0.2, 0) is 6.54 Å². The molecular formula is C13H11ClN4. The Kier molecular flexibility index (Phi) is 2.74. The summed E-state index contributed by atoms with van der Waals surface area (Å²) >= 11 is 5.90. The Labute approximate surface area is 109 Å². The van der Waals surface area contributed by atoms with Crippen molar-refractivity contribution in [2.75, 3.05) is 0 Å². The molecule has 18 heavy (non-hydrogen) atoms. The average Bonchev–Trinajstić information content (AvgIpc) is 2.78. The minimum atomic E-state index is 0.360. The standard InChI is InChI=1S/C13H11ClN4/c14-9-3-5-10(6-4-9)18-12(8-15)17-11-2-1-7-16-13(11)18/h1-7H,8,15H2. The van der Waals surface area contributed by atoms with Gasteiger partial charge >= 0.3 is 0 Å². The van der Waals surface area contributed by atoms with Gasteiger partial charge in [0, 0.05) is 16.9 Å². The molecule has 2 N–H and O–H groups in total. The van der Waals surface area contributed by atoms with E-state index in [4.69, 9.17) is 17.3 Å². The molecular weight excluding hydrogens is 248 g/mol. The summed E-state index contributed by atoms with van der Waals surface area (Å²) in [6, 6.07) is 11.3. The maximum absolute atomic E-state index is 5.90. The molecule has 4 nitrogen and oxygen atoms in total. The molecule has 90 valence electrons. The fourth-order valence-corrected chi connectivity index (χ4v) is 2.08. The minimum Gasteiger partial charge on any atom is -0.324 e. The molecule has 0 spiro atoms. The maximum Gasteiger partial charge on any atom is 0.164 e. The van der Waals surface area contributed by atoms with Crippen LogP contribution in [0.1, 0.15) is 5.82 Å². The van der Waals surface area contributed by atoms with Crippen molar-refractivity contribution < 1.29 is 0 Å². The third kappa shape index (κ3) is 1.75. The molecule has 0 saturated carbocycles. The van der Waals surface area contributed by atoms with Gasteiger partial charge in [-0.3, -0.25) is 4.57 Å². The maximum atomic E-state index is 5.90. The Balaban J connectivity index is 2.29. The Bertz CT molecular complexity index is 688. The van der Waals surface area contributed by atoms with Gasteiger partial charge in [0.15, 0.2) is 5.65 Å². The molecule has 0 aliphatic rings. The van der Waals surface area contributed by atoms with Gasteiger partial charge in [0.05, 0.1) is 6.54 Å². The molecule has 0 atom stereocenters. The molecule has 0 radical (unpaired) electrons. The van der Waals surface area contributed by atoms with E-state index in [0.717, 1.165) is 22.7 Å². The first-order valence-electron chi connectivity index (χ1n) is 5.58. The van der Waals surface area contributed by atoms with E-state index in [1.807, 2.05) is 41.0 Å². The van der Waals surface area contributed by atoms with Crippen LogP contribution in [0.15, 0.2) is 42.6 Å². The van der Waals surface area contributed by atoms with Crippen LogP contribution >= 0.6 is 11.6 Å². The summed E-state index contributed by atoms with van der Waals surface area (Å²) in [5.41, 5.74) is 8.35. The zero-order chi connectivity index (χ0) is 12.5. The number of benzene rings is 1. The monoisotopic (exact) mass is 258 g/mol. The Morgan fingerprint density at radius 3 is 2.67 bits per heavy atom. The molecule has 0 bridgehead atoms. The summed E-state index contributed by atoms with van der Waals surface area (Å²) < 4.78 is 1.95. The van der Waals surface area contributed by atoms with Gasteiger partial charge in [-0.05, 0) is 36.4 Å². The number of aromatic nitrogens is 3. The lowest BCUT2D eigenvalue weighted by Gasteiger charge is -2.07. The van der Waals surface area contributed by atoms with E-state index in [2.05, 4.69) is 9.97 Å². The van der Waals surface area contributed by atoms with Crippen molar-refractivity contribution in [1.29, 1.82) is 0 Å². The first-order chi connectivity index (χ1) is 8.79. The van der Waals surface area contributed by atoms with Crippen LogP contribution in [0, 0.1) is 0 Å². The van der Waals surface area contributed by atoms with Crippen molar-refractivity contribution in [3.8, 4) is 5.69 Å². The Morgan fingerprint density at radius 1 is 1.17 bits per heavy atom. The molecule has 0 unspecified atom stereocenters. The largest absolute Gasteiger partial charge is 0.324 e. The van der Waals surface area contributed by atoms with Gasteiger partial charge in [-0.15, -0.1) is 0 Å². The first kappa shape index (κ1) is 11.2. The summed E-state index contributed by atoms with van der Waals surface area (Å²) in [5, 5.41) is 0.699. The number of nitrogens with zero attached hydrogens (tertiary/aromatic N) is 3. The molecule has 0 aliphatic heterocycles. The van der Waals surface area contributed by atoms with E-state index in [1.54, 1.807) is 6.20 Å². The lowest BCUT2D eigenvalue weighted by atomic mass is 10.3. The average molecular weight is 259 g/mol. The number of fused-ring (bicyclic) bond motifs is 1. The number of rotatable bonds is 2. The van der Waals surface area contributed by atoms with Gasteiger partial charge < -0.3 is 5.73 Å². The fourth-order valence-electron chi connectivity index (χ4n) is 1.96.